The van der Waals surface area contributed by atoms with Gasteiger partial charge in [-0.1, -0.05) is 38.4 Å². The molecule has 0 aliphatic rings. The first-order valence-electron chi connectivity index (χ1n) is 13.4. The molecule has 9 heteroatoms. The Morgan fingerprint density at radius 2 is 1.87 bits per heavy atom. The number of benzene rings is 2. The molecule has 0 aliphatic carbocycles. The van der Waals surface area contributed by atoms with Gasteiger partial charge >= 0.3 is 0 Å². The van der Waals surface area contributed by atoms with Crippen molar-refractivity contribution in [1.82, 2.24) is 20.8 Å². The lowest BCUT2D eigenvalue weighted by Crippen LogP contribution is -2.36. The van der Waals surface area contributed by atoms with E-state index in [1.165, 1.54) is 11.1 Å². The highest BCUT2D eigenvalue weighted by Crippen LogP contribution is 2.31. The molecular weight excluding hydrogens is 484 g/mol. The fourth-order valence-electron chi connectivity index (χ4n) is 4.26. The number of nitrogens with zero attached hydrogens (tertiary/aromatic N) is 2. The van der Waals surface area contributed by atoms with Crippen molar-refractivity contribution in [2.45, 2.75) is 66.0 Å². The Morgan fingerprint density at radius 3 is 2.58 bits per heavy atom. The molecule has 3 rings (SSSR count). The lowest BCUT2D eigenvalue weighted by atomic mass is 10.0. The van der Waals surface area contributed by atoms with Crippen molar-refractivity contribution in [3.05, 3.63) is 52.6 Å². The number of aliphatic hydroxyl groups excluding tert-OH is 2. The van der Waals surface area contributed by atoms with Crippen LogP contribution in [-0.4, -0.2) is 58.7 Å². The molecule has 206 valence electrons. The largest absolute Gasteiger partial charge is 0.490 e. The van der Waals surface area contributed by atoms with Crippen LogP contribution in [-0.2, 0) is 24.2 Å². The van der Waals surface area contributed by atoms with E-state index in [-0.39, 0.29) is 13.2 Å². The summed E-state index contributed by atoms with van der Waals surface area (Å²) in [5.74, 6) is 1.13. The molecule has 0 spiro atoms. The molecule has 0 aliphatic heterocycles. The average molecular weight is 525 g/mol. The Kier molecular flexibility index (Phi) is 11.3. The van der Waals surface area contributed by atoms with E-state index in [9.17, 15) is 9.90 Å². The summed E-state index contributed by atoms with van der Waals surface area (Å²) in [6, 6.07) is 10.4. The maximum atomic E-state index is 11.2. The zero-order valence-electron chi connectivity index (χ0n) is 22.8. The quantitative estimate of drug-likeness (QED) is 0.222. The fourth-order valence-corrected chi connectivity index (χ4v) is 4.26. The van der Waals surface area contributed by atoms with Crippen LogP contribution in [0, 0.1) is 6.92 Å². The summed E-state index contributed by atoms with van der Waals surface area (Å²) in [6.07, 6.45) is 2.93. The van der Waals surface area contributed by atoms with Crippen molar-refractivity contribution >= 4 is 5.91 Å². The van der Waals surface area contributed by atoms with Crippen LogP contribution >= 0.6 is 0 Å². The maximum Gasteiger partial charge on any atom is 0.258 e. The molecular formula is C29H40N4O5. The van der Waals surface area contributed by atoms with Gasteiger partial charge in [-0.15, -0.1) is 0 Å². The SMILES string of the molecule is CCCNCc1cc(CCC)cc(-c2nc(-c3cc(C)c(OCC(O)CNC(=O)CO)c(CC)c3)no2)c1. The lowest BCUT2D eigenvalue weighted by Gasteiger charge is -2.17. The van der Waals surface area contributed by atoms with E-state index < -0.39 is 18.6 Å². The summed E-state index contributed by atoms with van der Waals surface area (Å²) >= 11 is 0. The number of hydrogen-bond donors (Lipinski definition) is 4. The third-order valence-electron chi connectivity index (χ3n) is 6.11. The van der Waals surface area contributed by atoms with Gasteiger partial charge in [-0.3, -0.25) is 4.79 Å². The molecule has 1 heterocycles. The third kappa shape index (κ3) is 8.11. The van der Waals surface area contributed by atoms with Crippen molar-refractivity contribution < 1.29 is 24.3 Å². The van der Waals surface area contributed by atoms with Gasteiger partial charge in [0, 0.05) is 24.2 Å². The van der Waals surface area contributed by atoms with Gasteiger partial charge in [-0.25, -0.2) is 0 Å². The van der Waals surface area contributed by atoms with Crippen molar-refractivity contribution in [3.63, 3.8) is 0 Å². The van der Waals surface area contributed by atoms with E-state index in [4.69, 9.17) is 19.4 Å². The van der Waals surface area contributed by atoms with Gasteiger partial charge in [0.1, 0.15) is 25.1 Å². The minimum atomic E-state index is -0.903. The topological polar surface area (TPSA) is 130 Å². The average Bonchev–Trinajstić information content (AvgIpc) is 3.41. The molecule has 38 heavy (non-hydrogen) atoms. The predicted molar refractivity (Wildman–Crippen MR) is 147 cm³/mol. The van der Waals surface area contributed by atoms with Gasteiger partial charge in [-0.2, -0.15) is 4.98 Å². The first kappa shape index (κ1) is 29.3. The Bertz CT molecular complexity index is 1190. The minimum Gasteiger partial charge on any atom is -0.490 e. The van der Waals surface area contributed by atoms with Gasteiger partial charge in [0.2, 0.25) is 11.7 Å². The van der Waals surface area contributed by atoms with Gasteiger partial charge in [-0.05, 0) is 79.3 Å². The minimum absolute atomic E-state index is 0.000540. The van der Waals surface area contributed by atoms with E-state index in [1.54, 1.807) is 0 Å². The molecule has 0 saturated carbocycles. The second-order valence-electron chi connectivity index (χ2n) is 9.45. The van der Waals surface area contributed by atoms with Crippen molar-refractivity contribution in [2.75, 3.05) is 26.3 Å². The second kappa shape index (κ2) is 14.6. The summed E-state index contributed by atoms with van der Waals surface area (Å²) in [6.45, 7) is 9.44. The molecule has 0 bridgehead atoms. The van der Waals surface area contributed by atoms with Crippen LogP contribution < -0.4 is 15.4 Å². The van der Waals surface area contributed by atoms with E-state index in [1.807, 2.05) is 26.0 Å². The number of aryl methyl sites for hydroxylation is 3. The maximum absolute atomic E-state index is 11.2. The van der Waals surface area contributed by atoms with Crippen LogP contribution in [0.2, 0.25) is 0 Å². The number of aliphatic hydroxyl groups is 2. The molecule has 3 aromatic rings. The summed E-state index contributed by atoms with van der Waals surface area (Å²) in [5.41, 5.74) is 6.02. The fraction of sp³-hybridized carbons (Fsp3) is 0.483. The zero-order chi connectivity index (χ0) is 27.5. The van der Waals surface area contributed by atoms with Crippen LogP contribution in [0.25, 0.3) is 22.8 Å². The number of carbonyl (C=O) groups excluding carboxylic acids is 1. The molecule has 1 unspecified atom stereocenters. The number of ether oxygens (including phenoxy) is 1. The number of carbonyl (C=O) groups is 1. The summed E-state index contributed by atoms with van der Waals surface area (Å²) < 4.78 is 11.6. The van der Waals surface area contributed by atoms with Crippen molar-refractivity contribution in [1.29, 1.82) is 0 Å². The molecule has 1 amide bonds. The molecule has 1 atom stereocenters. The van der Waals surface area contributed by atoms with Crippen LogP contribution in [0.4, 0.5) is 0 Å². The van der Waals surface area contributed by atoms with E-state index >= 15 is 0 Å². The van der Waals surface area contributed by atoms with Crippen LogP contribution in [0.3, 0.4) is 0 Å². The van der Waals surface area contributed by atoms with Crippen LogP contribution in [0.1, 0.15) is 55.9 Å². The zero-order valence-corrected chi connectivity index (χ0v) is 22.8. The highest BCUT2D eigenvalue weighted by Gasteiger charge is 2.17. The van der Waals surface area contributed by atoms with Crippen molar-refractivity contribution in [3.8, 4) is 28.6 Å². The Hall–Kier alpha value is -3.27. The molecule has 0 radical (unpaired) electrons. The molecule has 9 nitrogen and oxygen atoms in total. The highest BCUT2D eigenvalue weighted by molar-refractivity contribution is 5.76. The van der Waals surface area contributed by atoms with Gasteiger partial charge < -0.3 is 30.1 Å². The number of rotatable bonds is 15. The molecule has 2 aromatic carbocycles. The van der Waals surface area contributed by atoms with Crippen LogP contribution in [0.15, 0.2) is 34.9 Å². The number of hydrogen-bond acceptors (Lipinski definition) is 8. The van der Waals surface area contributed by atoms with E-state index in [0.717, 1.165) is 54.6 Å². The Balaban J connectivity index is 1.80. The standard InChI is InChI=1S/C29H40N4O5/c1-5-8-20-11-21(15-30-9-6-2)13-24(12-20)29-32-28(33-38-29)23-10-19(4)27(22(7-3)14-23)37-18-25(35)16-31-26(36)17-34/h10-14,25,30,34-35H,5-9,15-18H2,1-4H3,(H,31,36). The molecule has 1 aromatic heterocycles. The lowest BCUT2D eigenvalue weighted by molar-refractivity contribution is -0.124. The Morgan fingerprint density at radius 1 is 1.08 bits per heavy atom. The first-order chi connectivity index (χ1) is 18.4. The third-order valence-corrected chi connectivity index (χ3v) is 6.11. The highest BCUT2D eigenvalue weighted by atomic mass is 16.5. The number of amides is 1. The Labute approximate surface area is 224 Å². The summed E-state index contributed by atoms with van der Waals surface area (Å²) in [5, 5.41) is 29.1. The van der Waals surface area contributed by atoms with E-state index in [2.05, 4.69) is 47.8 Å². The van der Waals surface area contributed by atoms with Crippen LogP contribution in [0.5, 0.6) is 5.75 Å². The molecule has 4 N–H and O–H groups in total. The number of nitrogens with one attached hydrogen (secondary N) is 2. The predicted octanol–water partition coefficient (Wildman–Crippen LogP) is 3.57. The number of aromatic nitrogens is 2. The molecule has 0 fully saturated rings. The second-order valence-corrected chi connectivity index (χ2v) is 9.45. The van der Waals surface area contributed by atoms with E-state index in [0.29, 0.717) is 23.9 Å². The van der Waals surface area contributed by atoms with Gasteiger partial charge in [0.15, 0.2) is 0 Å². The molecule has 0 saturated heterocycles. The summed E-state index contributed by atoms with van der Waals surface area (Å²) in [7, 11) is 0. The smallest absolute Gasteiger partial charge is 0.258 e. The van der Waals surface area contributed by atoms with Gasteiger partial charge in [0.05, 0.1) is 0 Å². The van der Waals surface area contributed by atoms with Gasteiger partial charge in [0.25, 0.3) is 5.89 Å². The summed E-state index contributed by atoms with van der Waals surface area (Å²) in [4.78, 5) is 15.9. The van der Waals surface area contributed by atoms with Crippen molar-refractivity contribution in [2.24, 2.45) is 0 Å². The first-order valence-corrected chi connectivity index (χ1v) is 13.4. The normalized spacial score (nSPS) is 11.9. The monoisotopic (exact) mass is 524 g/mol.